The van der Waals surface area contributed by atoms with Crippen molar-refractivity contribution >= 4 is 38.8 Å². The van der Waals surface area contributed by atoms with Gasteiger partial charge in [-0.05, 0) is 0 Å². The number of hydrogen-bond acceptors (Lipinski definition) is 6. The summed E-state index contributed by atoms with van der Waals surface area (Å²) < 4.78 is 0. The maximum atomic E-state index is 11.6. The second-order valence-corrected chi connectivity index (χ2v) is 7.16. The molecule has 3 atom stereocenters. The molecule has 0 heterocycles. The van der Waals surface area contributed by atoms with Gasteiger partial charge in [-0.1, -0.05) is 0 Å². The molecule has 0 rings (SSSR count). The van der Waals surface area contributed by atoms with Crippen LogP contribution in [0.5, 0.6) is 0 Å². The van der Waals surface area contributed by atoms with E-state index in [-0.39, 0.29) is 39.5 Å². The average Bonchev–Trinajstić information content (AvgIpc) is 2.46. The van der Waals surface area contributed by atoms with E-state index in [1.54, 1.807) is 0 Å². The van der Waals surface area contributed by atoms with Crippen LogP contribution in [0, 0.1) is 0 Å². The molecule has 8 N–H and O–H groups in total. The summed E-state index contributed by atoms with van der Waals surface area (Å²) in [5, 5.41) is 29.3. The minimum atomic E-state index is -1.23. The molecular formula is C12H21N3O7Se. The van der Waals surface area contributed by atoms with E-state index in [0.29, 0.717) is 5.32 Å². The van der Waals surface area contributed by atoms with E-state index in [2.05, 4.69) is 5.32 Å². The van der Waals surface area contributed by atoms with Gasteiger partial charge in [0, 0.05) is 0 Å². The quantitative estimate of drug-likeness (QED) is 0.161. The van der Waals surface area contributed by atoms with Gasteiger partial charge in [0.2, 0.25) is 0 Å². The molecule has 0 aromatic heterocycles. The monoisotopic (exact) mass is 399 g/mol. The normalized spacial score (nSPS) is 14.5. The minimum absolute atomic E-state index is 0.0924. The first-order valence-electron chi connectivity index (χ1n) is 6.71. The summed E-state index contributed by atoms with van der Waals surface area (Å²) in [5.41, 5.74) is 10.6. The first kappa shape index (κ1) is 21.3. The number of nitrogens with two attached hydrogens (primary N) is 2. The molecule has 0 aliphatic carbocycles. The molecule has 0 spiro atoms. The molecule has 0 bridgehead atoms. The third-order valence-corrected chi connectivity index (χ3v) is 5.15. The van der Waals surface area contributed by atoms with Gasteiger partial charge in [-0.3, -0.25) is 0 Å². The number of rotatable bonds is 12. The van der Waals surface area contributed by atoms with Crippen molar-refractivity contribution in [1.82, 2.24) is 5.32 Å². The Morgan fingerprint density at radius 3 is 1.96 bits per heavy atom. The van der Waals surface area contributed by atoms with Gasteiger partial charge in [-0.15, -0.1) is 0 Å². The van der Waals surface area contributed by atoms with E-state index >= 15 is 0 Å². The van der Waals surface area contributed by atoms with Crippen LogP contribution in [0.25, 0.3) is 0 Å². The van der Waals surface area contributed by atoms with Gasteiger partial charge in [0.05, 0.1) is 0 Å². The zero-order valence-electron chi connectivity index (χ0n) is 12.3. The van der Waals surface area contributed by atoms with Crippen LogP contribution >= 0.6 is 0 Å². The Morgan fingerprint density at radius 1 is 0.913 bits per heavy atom. The fraction of sp³-hybridized carbons (Fsp3) is 0.667. The summed E-state index contributed by atoms with van der Waals surface area (Å²) in [7, 11) is 0. The average molecular weight is 398 g/mol. The number of carbonyl (C=O) groups excluding carboxylic acids is 1. The summed E-state index contributed by atoms with van der Waals surface area (Å²) in [6, 6.07) is -3.25. The molecule has 0 saturated carbocycles. The first-order valence-corrected chi connectivity index (χ1v) is 9.14. The van der Waals surface area contributed by atoms with Crippen molar-refractivity contribution in [3.63, 3.8) is 0 Å². The number of amides is 1. The van der Waals surface area contributed by atoms with E-state index in [1.165, 1.54) is 0 Å². The van der Waals surface area contributed by atoms with Gasteiger partial charge < -0.3 is 0 Å². The predicted octanol–water partition coefficient (Wildman–Crippen LogP) is -1.91. The van der Waals surface area contributed by atoms with Crippen LogP contribution in [-0.4, -0.2) is 72.2 Å². The van der Waals surface area contributed by atoms with Crippen LogP contribution < -0.4 is 16.8 Å². The van der Waals surface area contributed by atoms with Crippen molar-refractivity contribution in [2.45, 2.75) is 48.0 Å². The third-order valence-electron chi connectivity index (χ3n) is 2.80. The van der Waals surface area contributed by atoms with Gasteiger partial charge in [0.15, 0.2) is 0 Å². The van der Waals surface area contributed by atoms with Gasteiger partial charge in [0.1, 0.15) is 0 Å². The molecule has 0 radical (unpaired) electrons. The second kappa shape index (κ2) is 10.9. The molecule has 0 aromatic rings. The van der Waals surface area contributed by atoms with Crippen LogP contribution in [0.15, 0.2) is 0 Å². The summed E-state index contributed by atoms with van der Waals surface area (Å²) in [6.45, 7) is 0. The predicted molar refractivity (Wildman–Crippen MR) is 80.0 cm³/mol. The molecule has 132 valence electrons. The Balaban J connectivity index is 4.16. The molecule has 0 aliphatic rings. The van der Waals surface area contributed by atoms with Crippen LogP contribution in [-0.2, 0) is 19.2 Å². The molecule has 2 unspecified atom stereocenters. The van der Waals surface area contributed by atoms with Crippen molar-refractivity contribution < 1.29 is 34.5 Å². The topological polar surface area (TPSA) is 193 Å². The van der Waals surface area contributed by atoms with Crippen molar-refractivity contribution in [1.29, 1.82) is 0 Å². The van der Waals surface area contributed by atoms with Crippen molar-refractivity contribution in [3.8, 4) is 0 Å². The summed E-state index contributed by atoms with van der Waals surface area (Å²) >= 11 is -0.151. The van der Waals surface area contributed by atoms with E-state index in [4.69, 9.17) is 26.8 Å². The van der Waals surface area contributed by atoms with E-state index in [0.717, 1.165) is 0 Å². The Kier molecular flexibility index (Phi) is 10.1. The molecule has 23 heavy (non-hydrogen) atoms. The zero-order valence-corrected chi connectivity index (χ0v) is 14.0. The Bertz CT molecular complexity index is 446. The molecule has 0 fully saturated rings. The molecule has 10 nitrogen and oxygen atoms in total. The van der Waals surface area contributed by atoms with Crippen LogP contribution in [0.2, 0.25) is 10.6 Å². The van der Waals surface area contributed by atoms with Crippen molar-refractivity contribution in [2.75, 3.05) is 0 Å². The molecule has 0 saturated heterocycles. The first-order chi connectivity index (χ1) is 10.6. The third kappa shape index (κ3) is 9.84. The number of carboxylic acid groups (broad SMARTS) is 3. The summed E-state index contributed by atoms with van der Waals surface area (Å²) in [5.74, 6) is -4.14. The molecule has 0 aromatic carbocycles. The Hall–Kier alpha value is -1.68. The fourth-order valence-electron chi connectivity index (χ4n) is 1.42. The van der Waals surface area contributed by atoms with E-state index in [1.807, 2.05) is 0 Å². The number of carbonyl (C=O) groups is 4. The van der Waals surface area contributed by atoms with Gasteiger partial charge in [0.25, 0.3) is 0 Å². The second-order valence-electron chi connectivity index (χ2n) is 4.75. The van der Waals surface area contributed by atoms with Gasteiger partial charge in [-0.2, -0.15) is 0 Å². The SMILES string of the molecule is NC(C[Se]CCC(NC(=O)CC[C@H](N)C(=O)O)C(=O)O)C(=O)O. The number of carboxylic acids is 3. The summed E-state index contributed by atoms with van der Waals surface area (Å²) in [4.78, 5) is 43.7. The standard InChI is InChI=1S/C12H21N3O7Se/c13-6(10(17)18)1-2-9(16)15-8(12(21)22)3-4-23-5-7(14)11(19)20/h6-8H,1-5,13-14H2,(H,15,16)(H,17,18)(H,19,20)(H,21,22)/t6-,7?,8?/m0/s1. The van der Waals surface area contributed by atoms with Crippen molar-refractivity contribution in [2.24, 2.45) is 11.5 Å². The zero-order chi connectivity index (χ0) is 18.0. The van der Waals surface area contributed by atoms with E-state index < -0.39 is 41.9 Å². The van der Waals surface area contributed by atoms with Crippen LogP contribution in [0.1, 0.15) is 19.3 Å². The Morgan fingerprint density at radius 2 is 1.48 bits per heavy atom. The van der Waals surface area contributed by atoms with E-state index in [9.17, 15) is 19.2 Å². The van der Waals surface area contributed by atoms with Crippen LogP contribution in [0.4, 0.5) is 0 Å². The Labute approximate surface area is 138 Å². The van der Waals surface area contributed by atoms with Crippen LogP contribution in [0.3, 0.4) is 0 Å². The molecule has 1 amide bonds. The molecular weight excluding hydrogens is 377 g/mol. The molecule has 11 heteroatoms. The van der Waals surface area contributed by atoms with Gasteiger partial charge >= 0.3 is 138 Å². The molecule has 0 aliphatic heterocycles. The van der Waals surface area contributed by atoms with Gasteiger partial charge in [-0.25, -0.2) is 0 Å². The maximum absolute atomic E-state index is 11.6. The summed E-state index contributed by atoms with van der Waals surface area (Å²) in [6.07, 6.45) is -0.129. The number of aliphatic carboxylic acids is 3. The van der Waals surface area contributed by atoms with Crippen molar-refractivity contribution in [3.05, 3.63) is 0 Å². The number of hydrogen-bond donors (Lipinski definition) is 6. The fourth-order valence-corrected chi connectivity index (χ4v) is 3.44. The number of nitrogens with one attached hydrogen (secondary N) is 1.